The van der Waals surface area contributed by atoms with Crippen LogP contribution in [-0.4, -0.2) is 16.2 Å². The third-order valence-corrected chi connectivity index (χ3v) is 3.50. The Labute approximate surface area is 115 Å². The van der Waals surface area contributed by atoms with E-state index in [-0.39, 0.29) is 0 Å². The standard InChI is InChI=1S/C14H13N3OS/c1-19-11-5-3-10(4-6-11)18-14-16-12-7-2-9(15)8-13(12)17-14/h2-8H,15H2,1H3,(H,16,17). The lowest BCUT2D eigenvalue weighted by molar-refractivity contribution is 0.449. The predicted molar refractivity (Wildman–Crippen MR) is 78.8 cm³/mol. The number of nitrogens with two attached hydrogens (primary N) is 1. The Morgan fingerprint density at radius 3 is 2.68 bits per heavy atom. The molecule has 1 aromatic heterocycles. The summed E-state index contributed by atoms with van der Waals surface area (Å²) < 4.78 is 5.69. The Hall–Kier alpha value is -2.14. The second kappa shape index (κ2) is 4.85. The smallest absolute Gasteiger partial charge is 0.300 e. The van der Waals surface area contributed by atoms with Gasteiger partial charge in [0.05, 0.1) is 11.0 Å². The first kappa shape index (κ1) is 11.9. The molecule has 1 heterocycles. The van der Waals surface area contributed by atoms with E-state index in [2.05, 4.69) is 9.97 Å². The highest BCUT2D eigenvalue weighted by Crippen LogP contribution is 2.25. The average Bonchev–Trinajstić information content (AvgIpc) is 2.81. The fourth-order valence-electron chi connectivity index (χ4n) is 1.81. The van der Waals surface area contributed by atoms with Crippen molar-refractivity contribution in [1.82, 2.24) is 9.97 Å². The molecule has 3 aromatic rings. The second-order valence-electron chi connectivity index (χ2n) is 4.10. The summed E-state index contributed by atoms with van der Waals surface area (Å²) in [5.74, 6) is 0.754. The van der Waals surface area contributed by atoms with Gasteiger partial charge in [0, 0.05) is 10.6 Å². The number of nitrogen functional groups attached to an aromatic ring is 1. The largest absolute Gasteiger partial charge is 0.426 e. The van der Waals surface area contributed by atoms with Crippen LogP contribution in [0.25, 0.3) is 11.0 Å². The molecule has 2 aromatic carbocycles. The van der Waals surface area contributed by atoms with Crippen molar-refractivity contribution in [3.05, 3.63) is 42.5 Å². The summed E-state index contributed by atoms with van der Waals surface area (Å²) in [6, 6.07) is 13.9. The number of hydrogen-bond donors (Lipinski definition) is 2. The molecule has 0 amide bonds. The number of aromatic nitrogens is 2. The molecule has 0 radical (unpaired) electrons. The lowest BCUT2D eigenvalue weighted by Gasteiger charge is -2.02. The van der Waals surface area contributed by atoms with Gasteiger partial charge < -0.3 is 15.5 Å². The zero-order chi connectivity index (χ0) is 13.2. The molecule has 5 heteroatoms. The van der Waals surface area contributed by atoms with E-state index < -0.39 is 0 Å². The van der Waals surface area contributed by atoms with Crippen molar-refractivity contribution in [3.63, 3.8) is 0 Å². The van der Waals surface area contributed by atoms with Crippen LogP contribution in [0.5, 0.6) is 11.8 Å². The Bertz CT molecular complexity index is 706. The molecule has 0 bridgehead atoms. The molecule has 3 rings (SSSR count). The molecule has 0 fully saturated rings. The summed E-state index contributed by atoms with van der Waals surface area (Å²) in [4.78, 5) is 8.65. The molecular weight excluding hydrogens is 258 g/mol. The number of rotatable bonds is 3. The number of hydrogen-bond acceptors (Lipinski definition) is 4. The number of thioether (sulfide) groups is 1. The van der Waals surface area contributed by atoms with Gasteiger partial charge in [-0.2, -0.15) is 4.98 Å². The van der Waals surface area contributed by atoms with Gasteiger partial charge in [0.2, 0.25) is 0 Å². The molecule has 4 nitrogen and oxygen atoms in total. The van der Waals surface area contributed by atoms with E-state index in [1.807, 2.05) is 48.7 Å². The molecule has 0 aliphatic rings. The van der Waals surface area contributed by atoms with E-state index in [0.717, 1.165) is 16.8 Å². The van der Waals surface area contributed by atoms with Crippen LogP contribution >= 0.6 is 11.8 Å². The topological polar surface area (TPSA) is 63.9 Å². The molecular formula is C14H13N3OS. The van der Waals surface area contributed by atoms with Gasteiger partial charge in [-0.05, 0) is 48.7 Å². The number of fused-ring (bicyclic) bond motifs is 1. The number of aromatic amines is 1. The van der Waals surface area contributed by atoms with Crippen molar-refractivity contribution in [2.75, 3.05) is 12.0 Å². The number of nitrogens with zero attached hydrogens (tertiary/aromatic N) is 1. The number of benzene rings is 2. The fraction of sp³-hybridized carbons (Fsp3) is 0.0714. The molecule has 3 N–H and O–H groups in total. The van der Waals surface area contributed by atoms with Crippen LogP contribution < -0.4 is 10.5 Å². The summed E-state index contributed by atoms with van der Waals surface area (Å²) in [5.41, 5.74) is 8.14. The van der Waals surface area contributed by atoms with Gasteiger partial charge >= 0.3 is 0 Å². The zero-order valence-corrected chi connectivity index (χ0v) is 11.2. The maximum Gasteiger partial charge on any atom is 0.300 e. The van der Waals surface area contributed by atoms with Crippen molar-refractivity contribution in [1.29, 1.82) is 0 Å². The predicted octanol–water partition coefficient (Wildman–Crippen LogP) is 3.66. The monoisotopic (exact) mass is 271 g/mol. The van der Waals surface area contributed by atoms with Crippen LogP contribution in [0.4, 0.5) is 5.69 Å². The van der Waals surface area contributed by atoms with Crippen LogP contribution in [-0.2, 0) is 0 Å². The van der Waals surface area contributed by atoms with Crippen molar-refractivity contribution >= 4 is 28.5 Å². The minimum atomic E-state index is 0.470. The molecule has 0 spiro atoms. The number of anilines is 1. The highest BCUT2D eigenvalue weighted by molar-refractivity contribution is 7.98. The molecule has 96 valence electrons. The molecule has 0 aliphatic heterocycles. The Kier molecular flexibility index (Phi) is 3.05. The third kappa shape index (κ3) is 2.51. The summed E-state index contributed by atoms with van der Waals surface area (Å²) >= 11 is 1.70. The number of imidazole rings is 1. The van der Waals surface area contributed by atoms with E-state index >= 15 is 0 Å². The summed E-state index contributed by atoms with van der Waals surface area (Å²) in [7, 11) is 0. The van der Waals surface area contributed by atoms with Gasteiger partial charge in [-0.15, -0.1) is 11.8 Å². The highest BCUT2D eigenvalue weighted by atomic mass is 32.2. The number of nitrogens with one attached hydrogen (secondary N) is 1. The Balaban J connectivity index is 1.87. The summed E-state index contributed by atoms with van der Waals surface area (Å²) in [6.07, 6.45) is 2.04. The maximum atomic E-state index is 5.73. The molecule has 0 aliphatic carbocycles. The first-order valence-electron chi connectivity index (χ1n) is 5.82. The lowest BCUT2D eigenvalue weighted by atomic mass is 10.3. The van der Waals surface area contributed by atoms with Gasteiger partial charge in [0.15, 0.2) is 0 Å². The first-order valence-corrected chi connectivity index (χ1v) is 7.04. The quantitative estimate of drug-likeness (QED) is 0.563. The van der Waals surface area contributed by atoms with E-state index in [1.54, 1.807) is 11.8 Å². The minimum Gasteiger partial charge on any atom is -0.426 e. The highest BCUT2D eigenvalue weighted by Gasteiger charge is 2.05. The van der Waals surface area contributed by atoms with Crippen molar-refractivity contribution < 1.29 is 4.74 Å². The summed E-state index contributed by atoms with van der Waals surface area (Å²) in [5, 5.41) is 0. The van der Waals surface area contributed by atoms with Crippen LogP contribution in [0.1, 0.15) is 0 Å². The zero-order valence-electron chi connectivity index (χ0n) is 10.4. The number of ether oxygens (including phenoxy) is 1. The van der Waals surface area contributed by atoms with Crippen molar-refractivity contribution in [2.45, 2.75) is 4.90 Å². The van der Waals surface area contributed by atoms with Gasteiger partial charge in [-0.3, -0.25) is 0 Å². The lowest BCUT2D eigenvalue weighted by Crippen LogP contribution is -1.85. The van der Waals surface area contributed by atoms with Crippen LogP contribution in [0.2, 0.25) is 0 Å². The van der Waals surface area contributed by atoms with Gasteiger partial charge in [0.25, 0.3) is 6.01 Å². The van der Waals surface area contributed by atoms with Gasteiger partial charge in [-0.1, -0.05) is 0 Å². The maximum absolute atomic E-state index is 5.73. The minimum absolute atomic E-state index is 0.470. The molecule has 0 saturated heterocycles. The Morgan fingerprint density at radius 1 is 1.16 bits per heavy atom. The fourth-order valence-corrected chi connectivity index (χ4v) is 2.22. The SMILES string of the molecule is CSc1ccc(Oc2nc3ccc(N)cc3[nH]2)cc1. The van der Waals surface area contributed by atoms with E-state index in [9.17, 15) is 0 Å². The molecule has 19 heavy (non-hydrogen) atoms. The Morgan fingerprint density at radius 2 is 1.95 bits per heavy atom. The van der Waals surface area contributed by atoms with Gasteiger partial charge in [-0.25, -0.2) is 0 Å². The van der Waals surface area contributed by atoms with E-state index in [1.165, 1.54) is 4.90 Å². The van der Waals surface area contributed by atoms with E-state index in [0.29, 0.717) is 11.7 Å². The molecule has 0 saturated carbocycles. The molecule has 0 unspecified atom stereocenters. The van der Waals surface area contributed by atoms with Crippen LogP contribution in [0.3, 0.4) is 0 Å². The third-order valence-electron chi connectivity index (χ3n) is 2.76. The second-order valence-corrected chi connectivity index (χ2v) is 4.98. The molecule has 0 atom stereocenters. The van der Waals surface area contributed by atoms with Crippen molar-refractivity contribution in [2.24, 2.45) is 0 Å². The number of H-pyrrole nitrogens is 1. The van der Waals surface area contributed by atoms with E-state index in [4.69, 9.17) is 10.5 Å². The van der Waals surface area contributed by atoms with Crippen molar-refractivity contribution in [3.8, 4) is 11.8 Å². The average molecular weight is 271 g/mol. The normalized spacial score (nSPS) is 10.8. The van der Waals surface area contributed by atoms with Gasteiger partial charge in [0.1, 0.15) is 5.75 Å². The summed E-state index contributed by atoms with van der Waals surface area (Å²) in [6.45, 7) is 0. The van der Waals surface area contributed by atoms with Crippen LogP contribution in [0.15, 0.2) is 47.4 Å². The first-order chi connectivity index (χ1) is 9.24. The van der Waals surface area contributed by atoms with Crippen LogP contribution in [0, 0.1) is 0 Å².